The minimum Gasteiger partial charge on any atom is -0.481 e. The standard InChI is InChI=1S/C16H22N2O2/c1-3-17-14-7-4-11-10-12(5-6-13(11)14)20-15-8-9-18(2)16(15)19/h5-6,10,14-15,17H,3-4,7-9H2,1-2H3. The van der Waals surface area contributed by atoms with Crippen molar-refractivity contribution in [1.82, 2.24) is 10.2 Å². The third-order valence-corrected chi connectivity index (χ3v) is 4.30. The molecule has 1 N–H and O–H groups in total. The van der Waals surface area contributed by atoms with Gasteiger partial charge in [0, 0.05) is 26.1 Å². The summed E-state index contributed by atoms with van der Waals surface area (Å²) in [5.74, 6) is 0.922. The van der Waals surface area contributed by atoms with Gasteiger partial charge < -0.3 is 15.0 Å². The highest BCUT2D eigenvalue weighted by Gasteiger charge is 2.31. The highest BCUT2D eigenvalue weighted by Crippen LogP contribution is 2.34. The molecule has 0 radical (unpaired) electrons. The van der Waals surface area contributed by atoms with E-state index in [-0.39, 0.29) is 12.0 Å². The summed E-state index contributed by atoms with van der Waals surface area (Å²) in [5.41, 5.74) is 2.74. The fourth-order valence-corrected chi connectivity index (χ4v) is 3.19. The molecule has 0 bridgehead atoms. The molecule has 108 valence electrons. The average Bonchev–Trinajstić information content (AvgIpc) is 2.98. The maximum absolute atomic E-state index is 11.9. The smallest absolute Gasteiger partial charge is 0.263 e. The molecule has 2 aliphatic rings. The van der Waals surface area contributed by atoms with Gasteiger partial charge in [0.15, 0.2) is 6.10 Å². The van der Waals surface area contributed by atoms with E-state index in [1.807, 2.05) is 13.1 Å². The molecule has 1 aromatic rings. The minimum absolute atomic E-state index is 0.0935. The van der Waals surface area contributed by atoms with E-state index in [4.69, 9.17) is 4.74 Å². The minimum atomic E-state index is -0.302. The summed E-state index contributed by atoms with van der Waals surface area (Å²) in [6.45, 7) is 3.92. The molecule has 0 aromatic heterocycles. The van der Waals surface area contributed by atoms with E-state index in [0.717, 1.165) is 38.1 Å². The summed E-state index contributed by atoms with van der Waals surface area (Å²) in [4.78, 5) is 13.6. The number of likely N-dealkylation sites (tertiary alicyclic amines) is 1. The van der Waals surface area contributed by atoms with Crippen LogP contribution in [0.4, 0.5) is 0 Å². The first-order valence-corrected chi connectivity index (χ1v) is 7.47. The molecule has 1 aromatic carbocycles. The lowest BCUT2D eigenvalue weighted by Gasteiger charge is -2.15. The van der Waals surface area contributed by atoms with Gasteiger partial charge in [-0.15, -0.1) is 0 Å². The van der Waals surface area contributed by atoms with E-state index in [9.17, 15) is 4.79 Å². The zero-order valence-corrected chi connectivity index (χ0v) is 12.2. The van der Waals surface area contributed by atoms with Crippen molar-refractivity contribution >= 4 is 5.91 Å². The highest BCUT2D eigenvalue weighted by molar-refractivity contribution is 5.83. The molecule has 1 aliphatic heterocycles. The molecule has 20 heavy (non-hydrogen) atoms. The molecule has 2 unspecified atom stereocenters. The largest absolute Gasteiger partial charge is 0.481 e. The van der Waals surface area contributed by atoms with Crippen molar-refractivity contribution in [2.75, 3.05) is 20.1 Å². The number of ether oxygens (including phenoxy) is 1. The van der Waals surface area contributed by atoms with Gasteiger partial charge in [-0.1, -0.05) is 13.0 Å². The zero-order valence-electron chi connectivity index (χ0n) is 12.2. The second-order valence-corrected chi connectivity index (χ2v) is 5.66. The van der Waals surface area contributed by atoms with Crippen LogP contribution in [0.3, 0.4) is 0 Å². The van der Waals surface area contributed by atoms with Crippen LogP contribution in [0.1, 0.15) is 36.9 Å². The highest BCUT2D eigenvalue weighted by atomic mass is 16.5. The van der Waals surface area contributed by atoms with Gasteiger partial charge in [-0.2, -0.15) is 0 Å². The Morgan fingerprint density at radius 1 is 1.40 bits per heavy atom. The van der Waals surface area contributed by atoms with Crippen LogP contribution in [0.5, 0.6) is 5.75 Å². The van der Waals surface area contributed by atoms with Gasteiger partial charge in [0.1, 0.15) is 5.75 Å². The summed E-state index contributed by atoms with van der Waals surface area (Å²) in [6.07, 6.45) is 2.72. The molecule has 1 amide bonds. The number of carbonyl (C=O) groups excluding carboxylic acids is 1. The Balaban J connectivity index is 1.72. The van der Waals surface area contributed by atoms with Gasteiger partial charge in [0.25, 0.3) is 5.91 Å². The summed E-state index contributed by atoms with van der Waals surface area (Å²) in [7, 11) is 1.83. The molecule has 0 saturated carbocycles. The normalized spacial score (nSPS) is 25.1. The lowest BCUT2D eigenvalue weighted by atomic mass is 10.1. The fraction of sp³-hybridized carbons (Fsp3) is 0.562. The summed E-state index contributed by atoms with van der Waals surface area (Å²) in [6, 6.07) is 6.73. The Labute approximate surface area is 120 Å². The number of benzene rings is 1. The quantitative estimate of drug-likeness (QED) is 0.911. The number of hydrogen-bond acceptors (Lipinski definition) is 3. The second-order valence-electron chi connectivity index (χ2n) is 5.66. The first-order valence-electron chi connectivity index (χ1n) is 7.47. The third kappa shape index (κ3) is 2.40. The number of likely N-dealkylation sites (N-methyl/N-ethyl adjacent to an activating group) is 1. The van der Waals surface area contributed by atoms with Crippen LogP contribution in [0.15, 0.2) is 18.2 Å². The Hall–Kier alpha value is -1.55. The lowest BCUT2D eigenvalue weighted by molar-refractivity contribution is -0.132. The van der Waals surface area contributed by atoms with Crippen molar-refractivity contribution in [3.05, 3.63) is 29.3 Å². The van der Waals surface area contributed by atoms with Crippen LogP contribution in [0.25, 0.3) is 0 Å². The van der Waals surface area contributed by atoms with Crippen molar-refractivity contribution in [1.29, 1.82) is 0 Å². The van der Waals surface area contributed by atoms with E-state index in [0.29, 0.717) is 6.04 Å². The summed E-state index contributed by atoms with van der Waals surface area (Å²) < 4.78 is 5.87. The maximum atomic E-state index is 11.9. The second kappa shape index (κ2) is 5.44. The van der Waals surface area contributed by atoms with Crippen molar-refractivity contribution in [2.24, 2.45) is 0 Å². The van der Waals surface area contributed by atoms with Crippen LogP contribution in [0, 0.1) is 0 Å². The number of rotatable bonds is 4. The Bertz CT molecular complexity index is 515. The van der Waals surface area contributed by atoms with Gasteiger partial charge in [0.2, 0.25) is 0 Å². The van der Waals surface area contributed by atoms with Gasteiger partial charge >= 0.3 is 0 Å². The number of nitrogens with one attached hydrogen (secondary N) is 1. The van der Waals surface area contributed by atoms with Gasteiger partial charge in [0.05, 0.1) is 0 Å². The number of amides is 1. The predicted octanol–water partition coefficient (Wildman–Crippen LogP) is 1.89. The van der Waals surface area contributed by atoms with Crippen LogP contribution in [0.2, 0.25) is 0 Å². The number of nitrogens with zero attached hydrogens (tertiary/aromatic N) is 1. The lowest BCUT2D eigenvalue weighted by Crippen LogP contribution is -2.29. The molecule has 0 spiro atoms. The Morgan fingerprint density at radius 3 is 2.95 bits per heavy atom. The Morgan fingerprint density at radius 2 is 2.25 bits per heavy atom. The molecule has 1 fully saturated rings. The Kier molecular flexibility index (Phi) is 3.66. The SMILES string of the molecule is CCNC1CCc2cc(OC3CCN(C)C3=O)ccc21. The summed E-state index contributed by atoms with van der Waals surface area (Å²) >= 11 is 0. The first kappa shape index (κ1) is 13.4. The first-order chi connectivity index (χ1) is 9.69. The van der Waals surface area contributed by atoms with E-state index in [1.54, 1.807) is 4.90 Å². The van der Waals surface area contributed by atoms with Gasteiger partial charge in [-0.25, -0.2) is 0 Å². The number of hydrogen-bond donors (Lipinski definition) is 1. The third-order valence-electron chi connectivity index (χ3n) is 4.30. The van der Waals surface area contributed by atoms with E-state index in [2.05, 4.69) is 24.4 Å². The molecule has 2 atom stereocenters. The molecule has 4 heteroatoms. The number of aryl methyl sites for hydroxylation is 1. The van der Waals surface area contributed by atoms with Crippen LogP contribution >= 0.6 is 0 Å². The van der Waals surface area contributed by atoms with Crippen LogP contribution < -0.4 is 10.1 Å². The van der Waals surface area contributed by atoms with Crippen LogP contribution in [-0.2, 0) is 11.2 Å². The number of carbonyl (C=O) groups is 1. The van der Waals surface area contributed by atoms with Crippen molar-refractivity contribution in [2.45, 2.75) is 38.3 Å². The molecular weight excluding hydrogens is 252 g/mol. The average molecular weight is 274 g/mol. The van der Waals surface area contributed by atoms with Gasteiger partial charge in [-0.05, 0) is 42.6 Å². The molecule has 1 saturated heterocycles. The molecule has 1 aliphatic carbocycles. The van der Waals surface area contributed by atoms with E-state index >= 15 is 0 Å². The monoisotopic (exact) mass is 274 g/mol. The zero-order chi connectivity index (χ0) is 14.1. The van der Waals surface area contributed by atoms with Crippen molar-refractivity contribution < 1.29 is 9.53 Å². The summed E-state index contributed by atoms with van der Waals surface area (Å²) in [5, 5.41) is 3.50. The van der Waals surface area contributed by atoms with Crippen LogP contribution in [-0.4, -0.2) is 37.0 Å². The maximum Gasteiger partial charge on any atom is 0.263 e. The van der Waals surface area contributed by atoms with E-state index in [1.165, 1.54) is 11.1 Å². The van der Waals surface area contributed by atoms with E-state index < -0.39 is 0 Å². The van der Waals surface area contributed by atoms with Crippen molar-refractivity contribution in [3.63, 3.8) is 0 Å². The number of fused-ring (bicyclic) bond motifs is 1. The predicted molar refractivity (Wildman–Crippen MR) is 77.9 cm³/mol. The molecule has 3 rings (SSSR count). The molecule has 1 heterocycles. The van der Waals surface area contributed by atoms with Crippen molar-refractivity contribution in [3.8, 4) is 5.75 Å². The molecule has 4 nitrogen and oxygen atoms in total. The molecular formula is C16H22N2O2. The fourth-order valence-electron chi connectivity index (χ4n) is 3.19. The topological polar surface area (TPSA) is 41.6 Å². The van der Waals surface area contributed by atoms with Gasteiger partial charge in [-0.3, -0.25) is 4.79 Å².